The van der Waals surface area contributed by atoms with Gasteiger partial charge in [0.2, 0.25) is 0 Å². The molecule has 0 saturated carbocycles. The second kappa shape index (κ2) is 6.78. The van der Waals surface area contributed by atoms with E-state index in [1.54, 1.807) is 12.1 Å². The van der Waals surface area contributed by atoms with Crippen molar-refractivity contribution in [3.63, 3.8) is 0 Å². The Kier molecular flexibility index (Phi) is 5.05. The van der Waals surface area contributed by atoms with Crippen LogP contribution >= 0.6 is 0 Å². The third kappa shape index (κ3) is 4.00. The minimum atomic E-state index is -1.08. The van der Waals surface area contributed by atoms with E-state index < -0.39 is 12.0 Å². The van der Waals surface area contributed by atoms with E-state index in [0.29, 0.717) is 30.9 Å². The van der Waals surface area contributed by atoms with Gasteiger partial charge in [0.25, 0.3) is 0 Å². The monoisotopic (exact) mass is 282 g/mol. The summed E-state index contributed by atoms with van der Waals surface area (Å²) in [6, 6.07) is 3.81. The summed E-state index contributed by atoms with van der Waals surface area (Å²) in [5.74, 6) is -1.39. The quantitative estimate of drug-likeness (QED) is 0.827. The molecule has 1 aromatic rings. The molecule has 1 atom stereocenters. The molecule has 2 rings (SSSR count). The van der Waals surface area contributed by atoms with Crippen LogP contribution in [0.25, 0.3) is 0 Å². The summed E-state index contributed by atoms with van der Waals surface area (Å²) in [4.78, 5) is 12.8. The van der Waals surface area contributed by atoms with Crippen molar-refractivity contribution in [3.05, 3.63) is 35.1 Å². The molecule has 1 saturated heterocycles. The maximum atomic E-state index is 14.0. The molecule has 0 aliphatic carbocycles. The van der Waals surface area contributed by atoms with E-state index in [4.69, 9.17) is 15.6 Å². The van der Waals surface area contributed by atoms with Crippen LogP contribution in [-0.2, 0) is 22.5 Å². The second-order valence-corrected chi connectivity index (χ2v) is 4.96. The molecule has 20 heavy (non-hydrogen) atoms. The highest BCUT2D eigenvalue weighted by molar-refractivity contribution is 5.73. The molecular formula is C14H19FN2O3. The number of carboxylic acid groups (broad SMARTS) is 1. The van der Waals surface area contributed by atoms with Crippen LogP contribution in [0.3, 0.4) is 0 Å². The predicted octanol–water partition coefficient (Wildman–Crippen LogP) is 0.612. The Hall–Kier alpha value is -1.50. The Bertz CT molecular complexity index is 475. The number of hydrogen-bond donors (Lipinski definition) is 2. The van der Waals surface area contributed by atoms with Crippen LogP contribution in [0.2, 0.25) is 0 Å². The Morgan fingerprint density at radius 3 is 2.75 bits per heavy atom. The number of aliphatic carboxylic acids is 1. The lowest BCUT2D eigenvalue weighted by atomic mass is 10.0. The number of benzene rings is 1. The normalized spacial score (nSPS) is 17.9. The van der Waals surface area contributed by atoms with Crippen molar-refractivity contribution in [1.82, 2.24) is 4.90 Å². The molecule has 0 spiro atoms. The first-order chi connectivity index (χ1) is 9.56. The van der Waals surface area contributed by atoms with Gasteiger partial charge < -0.3 is 15.6 Å². The van der Waals surface area contributed by atoms with E-state index >= 15 is 0 Å². The maximum Gasteiger partial charge on any atom is 0.320 e. The van der Waals surface area contributed by atoms with Gasteiger partial charge in [-0.2, -0.15) is 0 Å². The van der Waals surface area contributed by atoms with Crippen molar-refractivity contribution < 1.29 is 19.0 Å². The topological polar surface area (TPSA) is 75.8 Å². The molecule has 6 heteroatoms. The summed E-state index contributed by atoms with van der Waals surface area (Å²) >= 11 is 0. The fourth-order valence-corrected chi connectivity index (χ4v) is 2.19. The van der Waals surface area contributed by atoms with Crippen molar-refractivity contribution in [3.8, 4) is 0 Å². The Morgan fingerprint density at radius 2 is 2.15 bits per heavy atom. The molecule has 0 bridgehead atoms. The molecule has 0 aromatic heterocycles. The van der Waals surface area contributed by atoms with Crippen molar-refractivity contribution >= 4 is 5.97 Å². The van der Waals surface area contributed by atoms with Crippen LogP contribution in [0.15, 0.2) is 18.2 Å². The third-order valence-electron chi connectivity index (χ3n) is 3.39. The standard InChI is InChI=1S/C14H19FN2O3/c15-12-7-10(8-13(16)14(18)19)1-2-11(12)9-17-3-5-20-6-4-17/h1-2,7,13H,3-6,8-9,16H2,(H,18,19). The molecule has 1 aliphatic heterocycles. The highest BCUT2D eigenvalue weighted by atomic mass is 19.1. The number of nitrogens with zero attached hydrogens (tertiary/aromatic N) is 1. The van der Waals surface area contributed by atoms with E-state index in [2.05, 4.69) is 4.90 Å². The number of nitrogens with two attached hydrogens (primary N) is 1. The number of morpholine rings is 1. The number of rotatable bonds is 5. The Balaban J connectivity index is 1.99. The molecular weight excluding hydrogens is 263 g/mol. The zero-order chi connectivity index (χ0) is 14.5. The predicted molar refractivity (Wildman–Crippen MR) is 71.8 cm³/mol. The minimum Gasteiger partial charge on any atom is -0.480 e. The van der Waals surface area contributed by atoms with Gasteiger partial charge in [-0.15, -0.1) is 0 Å². The SMILES string of the molecule is NC(Cc1ccc(CN2CCOCC2)c(F)c1)C(=O)O. The molecule has 1 aliphatic rings. The van der Waals surface area contributed by atoms with Gasteiger partial charge in [0.05, 0.1) is 13.2 Å². The fourth-order valence-electron chi connectivity index (χ4n) is 2.19. The maximum absolute atomic E-state index is 14.0. The minimum absolute atomic E-state index is 0.129. The molecule has 3 N–H and O–H groups in total. The van der Waals surface area contributed by atoms with E-state index in [0.717, 1.165) is 13.1 Å². The van der Waals surface area contributed by atoms with Gasteiger partial charge in [0, 0.05) is 25.2 Å². The van der Waals surface area contributed by atoms with Crippen LogP contribution in [-0.4, -0.2) is 48.3 Å². The Labute approximate surface area is 117 Å². The highest BCUT2D eigenvalue weighted by Crippen LogP contribution is 2.15. The number of hydrogen-bond acceptors (Lipinski definition) is 4. The first-order valence-electron chi connectivity index (χ1n) is 6.62. The van der Waals surface area contributed by atoms with Crippen LogP contribution in [0.5, 0.6) is 0 Å². The molecule has 1 fully saturated rings. The van der Waals surface area contributed by atoms with E-state index in [9.17, 15) is 9.18 Å². The average molecular weight is 282 g/mol. The fraction of sp³-hybridized carbons (Fsp3) is 0.500. The van der Waals surface area contributed by atoms with Crippen molar-refractivity contribution in [2.75, 3.05) is 26.3 Å². The van der Waals surface area contributed by atoms with Gasteiger partial charge in [0.1, 0.15) is 11.9 Å². The molecule has 1 unspecified atom stereocenters. The smallest absolute Gasteiger partial charge is 0.320 e. The summed E-state index contributed by atoms with van der Waals surface area (Å²) in [6.45, 7) is 3.48. The lowest BCUT2D eigenvalue weighted by Gasteiger charge is -2.26. The number of ether oxygens (including phenoxy) is 1. The van der Waals surface area contributed by atoms with Crippen LogP contribution < -0.4 is 5.73 Å². The van der Waals surface area contributed by atoms with Gasteiger partial charge in [0.15, 0.2) is 0 Å². The van der Waals surface area contributed by atoms with Crippen molar-refractivity contribution in [1.29, 1.82) is 0 Å². The molecule has 110 valence electrons. The first-order valence-corrected chi connectivity index (χ1v) is 6.62. The zero-order valence-electron chi connectivity index (χ0n) is 11.2. The summed E-state index contributed by atoms with van der Waals surface area (Å²) in [5.41, 5.74) is 6.65. The van der Waals surface area contributed by atoms with Crippen molar-refractivity contribution in [2.45, 2.75) is 19.0 Å². The summed E-state index contributed by atoms with van der Waals surface area (Å²) < 4.78 is 19.3. The largest absolute Gasteiger partial charge is 0.480 e. The summed E-state index contributed by atoms with van der Waals surface area (Å²) in [6.07, 6.45) is 0.129. The van der Waals surface area contributed by atoms with Crippen LogP contribution in [0.4, 0.5) is 4.39 Å². The second-order valence-electron chi connectivity index (χ2n) is 4.96. The first kappa shape index (κ1) is 14.9. The van der Waals surface area contributed by atoms with Crippen LogP contribution in [0, 0.1) is 5.82 Å². The lowest BCUT2D eigenvalue weighted by Crippen LogP contribution is -2.36. The third-order valence-corrected chi connectivity index (χ3v) is 3.39. The average Bonchev–Trinajstić information content (AvgIpc) is 2.43. The van der Waals surface area contributed by atoms with Gasteiger partial charge in [-0.3, -0.25) is 9.69 Å². The molecule has 0 radical (unpaired) electrons. The molecule has 1 aromatic carbocycles. The van der Waals surface area contributed by atoms with E-state index in [-0.39, 0.29) is 12.2 Å². The van der Waals surface area contributed by atoms with E-state index in [1.807, 2.05) is 0 Å². The molecule has 1 heterocycles. The van der Waals surface area contributed by atoms with E-state index in [1.165, 1.54) is 6.07 Å². The zero-order valence-corrected chi connectivity index (χ0v) is 11.2. The van der Waals surface area contributed by atoms with Crippen LogP contribution in [0.1, 0.15) is 11.1 Å². The number of halogens is 1. The summed E-state index contributed by atoms with van der Waals surface area (Å²) in [7, 11) is 0. The van der Waals surface area contributed by atoms with Gasteiger partial charge in [-0.1, -0.05) is 12.1 Å². The molecule has 5 nitrogen and oxygen atoms in total. The Morgan fingerprint density at radius 1 is 1.45 bits per heavy atom. The van der Waals surface area contributed by atoms with Gasteiger partial charge >= 0.3 is 5.97 Å². The van der Waals surface area contributed by atoms with Gasteiger partial charge in [-0.05, 0) is 18.1 Å². The number of carboxylic acids is 1. The summed E-state index contributed by atoms with van der Waals surface area (Å²) in [5, 5.41) is 8.75. The lowest BCUT2D eigenvalue weighted by molar-refractivity contribution is -0.138. The van der Waals surface area contributed by atoms with Gasteiger partial charge in [-0.25, -0.2) is 4.39 Å². The van der Waals surface area contributed by atoms with Crippen molar-refractivity contribution in [2.24, 2.45) is 5.73 Å². The highest BCUT2D eigenvalue weighted by Gasteiger charge is 2.15. The molecule has 0 amide bonds. The number of carbonyl (C=O) groups is 1.